The molecular formula is C19H15Cl2NO2. The van der Waals surface area contributed by atoms with Gasteiger partial charge in [-0.1, -0.05) is 53.5 Å². The minimum Gasteiger partial charge on any atom is -0.298 e. The molecule has 1 saturated carbocycles. The highest BCUT2D eigenvalue weighted by atomic mass is 35.5. The average Bonchev–Trinajstić information content (AvgIpc) is 2.57. The maximum atomic E-state index is 12.4. The lowest BCUT2D eigenvalue weighted by atomic mass is 9.77. The summed E-state index contributed by atoms with van der Waals surface area (Å²) in [6, 6.07) is 14.5. The molecule has 1 aliphatic rings. The predicted molar refractivity (Wildman–Crippen MR) is 96.5 cm³/mol. The maximum absolute atomic E-state index is 12.4. The van der Waals surface area contributed by atoms with Gasteiger partial charge in [-0.15, -0.1) is 0 Å². The van der Waals surface area contributed by atoms with Crippen LogP contribution >= 0.6 is 23.2 Å². The Morgan fingerprint density at radius 1 is 0.958 bits per heavy atom. The van der Waals surface area contributed by atoms with Crippen LogP contribution in [-0.4, -0.2) is 17.8 Å². The van der Waals surface area contributed by atoms with E-state index in [1.54, 1.807) is 18.2 Å². The molecule has 24 heavy (non-hydrogen) atoms. The molecule has 5 heteroatoms. The summed E-state index contributed by atoms with van der Waals surface area (Å²) >= 11 is 12.0. The van der Waals surface area contributed by atoms with Gasteiger partial charge in [-0.25, -0.2) is 0 Å². The van der Waals surface area contributed by atoms with Gasteiger partial charge in [-0.05, 0) is 29.7 Å². The number of hydrogen-bond donors (Lipinski definition) is 0. The first-order valence-electron chi connectivity index (χ1n) is 7.64. The molecule has 0 heterocycles. The van der Waals surface area contributed by atoms with Crippen molar-refractivity contribution < 1.29 is 9.59 Å². The van der Waals surface area contributed by atoms with Crippen molar-refractivity contribution >= 4 is 46.7 Å². The molecule has 0 spiro atoms. The summed E-state index contributed by atoms with van der Waals surface area (Å²) in [6.45, 7) is 0. The lowest BCUT2D eigenvalue weighted by Crippen LogP contribution is -2.33. The molecule has 0 radical (unpaired) electrons. The summed E-state index contributed by atoms with van der Waals surface area (Å²) in [5, 5.41) is 0.922. The summed E-state index contributed by atoms with van der Waals surface area (Å²) in [5.74, 6) is -1.07. The molecule has 0 N–H and O–H groups in total. The fraction of sp³-hybridized carbons (Fsp3) is 0.211. The van der Waals surface area contributed by atoms with Gasteiger partial charge in [0.2, 0.25) is 0 Å². The van der Waals surface area contributed by atoms with Crippen molar-refractivity contribution in [3.63, 3.8) is 0 Å². The fourth-order valence-corrected chi connectivity index (χ4v) is 3.19. The SMILES string of the molecule is O=C1CC(c2ccccc2)CC(=O)C1C=Nc1cc(Cl)ccc1Cl. The minimum absolute atomic E-state index is 0.0504. The molecule has 3 rings (SSSR count). The van der Waals surface area contributed by atoms with E-state index in [-0.39, 0.29) is 17.5 Å². The van der Waals surface area contributed by atoms with Gasteiger partial charge >= 0.3 is 0 Å². The zero-order chi connectivity index (χ0) is 17.1. The van der Waals surface area contributed by atoms with E-state index in [4.69, 9.17) is 23.2 Å². The lowest BCUT2D eigenvalue weighted by molar-refractivity contribution is -0.133. The highest BCUT2D eigenvalue weighted by Crippen LogP contribution is 2.32. The Balaban J connectivity index is 1.76. The molecule has 1 aliphatic carbocycles. The molecule has 0 aliphatic heterocycles. The Bertz CT molecular complexity index is 784. The quantitative estimate of drug-likeness (QED) is 0.569. The second-order valence-corrected chi connectivity index (χ2v) is 6.64. The molecule has 122 valence electrons. The van der Waals surface area contributed by atoms with Crippen LogP contribution in [0.15, 0.2) is 53.5 Å². The number of hydrogen-bond acceptors (Lipinski definition) is 3. The first-order chi connectivity index (χ1) is 11.5. The van der Waals surface area contributed by atoms with E-state index in [1.807, 2.05) is 30.3 Å². The Morgan fingerprint density at radius 2 is 1.62 bits per heavy atom. The van der Waals surface area contributed by atoms with Crippen molar-refractivity contribution in [2.45, 2.75) is 18.8 Å². The monoisotopic (exact) mass is 359 g/mol. The molecule has 0 atom stereocenters. The number of aliphatic imine (C=N–C) groups is 1. The summed E-state index contributed by atoms with van der Waals surface area (Å²) in [4.78, 5) is 29.0. The first kappa shape index (κ1) is 16.9. The topological polar surface area (TPSA) is 46.5 Å². The Kier molecular flexibility index (Phi) is 5.12. The third-order valence-corrected chi connectivity index (χ3v) is 4.69. The molecule has 0 aromatic heterocycles. The van der Waals surface area contributed by atoms with E-state index in [2.05, 4.69) is 4.99 Å². The van der Waals surface area contributed by atoms with Crippen molar-refractivity contribution in [3.05, 3.63) is 64.1 Å². The van der Waals surface area contributed by atoms with E-state index < -0.39 is 5.92 Å². The summed E-state index contributed by atoms with van der Waals surface area (Å²) < 4.78 is 0. The van der Waals surface area contributed by atoms with Crippen molar-refractivity contribution in [1.82, 2.24) is 0 Å². The van der Waals surface area contributed by atoms with Crippen molar-refractivity contribution in [2.24, 2.45) is 10.9 Å². The van der Waals surface area contributed by atoms with Crippen molar-refractivity contribution in [2.75, 3.05) is 0 Å². The summed E-state index contributed by atoms with van der Waals surface area (Å²) in [5.41, 5.74) is 1.47. The fourth-order valence-electron chi connectivity index (χ4n) is 2.86. The number of carbonyl (C=O) groups is 2. The van der Waals surface area contributed by atoms with E-state index >= 15 is 0 Å². The number of nitrogens with zero attached hydrogens (tertiary/aromatic N) is 1. The molecule has 0 bridgehead atoms. The Hall–Kier alpha value is -1.97. The van der Waals surface area contributed by atoms with Crippen LogP contribution in [0.1, 0.15) is 24.3 Å². The van der Waals surface area contributed by atoms with Crippen LogP contribution in [-0.2, 0) is 9.59 Å². The normalized spacial score (nSPS) is 21.4. The van der Waals surface area contributed by atoms with Gasteiger partial charge in [0.1, 0.15) is 17.5 Å². The highest BCUT2D eigenvalue weighted by molar-refractivity contribution is 6.35. The molecule has 2 aromatic carbocycles. The zero-order valence-electron chi connectivity index (χ0n) is 12.8. The van der Waals surface area contributed by atoms with Gasteiger partial charge in [0.15, 0.2) is 0 Å². The maximum Gasteiger partial charge on any atom is 0.149 e. The van der Waals surface area contributed by atoms with Gasteiger partial charge < -0.3 is 0 Å². The largest absolute Gasteiger partial charge is 0.298 e. The summed E-state index contributed by atoms with van der Waals surface area (Å²) in [6.07, 6.45) is 2.08. The lowest BCUT2D eigenvalue weighted by Gasteiger charge is -2.24. The second-order valence-electron chi connectivity index (χ2n) is 5.80. The standard InChI is InChI=1S/C19H15Cl2NO2/c20-14-6-7-16(21)17(10-14)22-11-15-18(23)8-13(9-19(15)24)12-4-2-1-3-5-12/h1-7,10-11,13,15H,8-9H2. The minimum atomic E-state index is -0.806. The van der Waals surface area contributed by atoms with Gasteiger partial charge in [0.25, 0.3) is 0 Å². The Morgan fingerprint density at radius 3 is 2.29 bits per heavy atom. The Labute approximate surface area is 150 Å². The third-order valence-electron chi connectivity index (χ3n) is 4.13. The number of Topliss-reactive ketones (excluding diaryl/α,β-unsaturated/α-hetero) is 2. The molecule has 0 unspecified atom stereocenters. The molecule has 2 aromatic rings. The number of ketones is 2. The summed E-state index contributed by atoms with van der Waals surface area (Å²) in [7, 11) is 0. The van der Waals surface area contributed by atoms with E-state index in [1.165, 1.54) is 6.21 Å². The van der Waals surface area contributed by atoms with Gasteiger partial charge in [0.05, 0.1) is 10.7 Å². The second kappa shape index (κ2) is 7.29. The van der Waals surface area contributed by atoms with Gasteiger partial charge in [-0.2, -0.15) is 0 Å². The van der Waals surface area contributed by atoms with Crippen LogP contribution in [0, 0.1) is 5.92 Å². The van der Waals surface area contributed by atoms with Crippen LogP contribution in [0.2, 0.25) is 10.0 Å². The number of rotatable bonds is 3. The number of carbonyl (C=O) groups excluding carboxylic acids is 2. The molecule has 0 amide bonds. The molecule has 0 saturated heterocycles. The predicted octanol–water partition coefficient (Wildman–Crippen LogP) is 5.03. The van der Waals surface area contributed by atoms with Crippen LogP contribution in [0.3, 0.4) is 0 Å². The first-order valence-corrected chi connectivity index (χ1v) is 8.40. The van der Waals surface area contributed by atoms with Gasteiger partial charge in [-0.3, -0.25) is 14.6 Å². The smallest absolute Gasteiger partial charge is 0.149 e. The molecular weight excluding hydrogens is 345 g/mol. The van der Waals surface area contributed by atoms with Crippen LogP contribution in [0.25, 0.3) is 0 Å². The van der Waals surface area contributed by atoms with E-state index in [9.17, 15) is 9.59 Å². The number of halogens is 2. The van der Waals surface area contributed by atoms with E-state index in [0.29, 0.717) is 28.6 Å². The third kappa shape index (κ3) is 3.74. The molecule has 1 fully saturated rings. The van der Waals surface area contributed by atoms with Crippen LogP contribution in [0.5, 0.6) is 0 Å². The zero-order valence-corrected chi connectivity index (χ0v) is 14.3. The highest BCUT2D eigenvalue weighted by Gasteiger charge is 2.34. The van der Waals surface area contributed by atoms with Gasteiger partial charge in [0, 0.05) is 24.1 Å². The van der Waals surface area contributed by atoms with Crippen molar-refractivity contribution in [3.8, 4) is 0 Å². The van der Waals surface area contributed by atoms with E-state index in [0.717, 1.165) is 5.56 Å². The van der Waals surface area contributed by atoms with Crippen LogP contribution in [0.4, 0.5) is 5.69 Å². The van der Waals surface area contributed by atoms with Crippen molar-refractivity contribution in [1.29, 1.82) is 0 Å². The van der Waals surface area contributed by atoms with Crippen LogP contribution < -0.4 is 0 Å². The average molecular weight is 360 g/mol. The number of benzene rings is 2. The molecule has 3 nitrogen and oxygen atoms in total.